The average molecular weight is 471 g/mol. The Morgan fingerprint density at radius 3 is 2.69 bits per heavy atom. The van der Waals surface area contributed by atoms with Gasteiger partial charge in [0.2, 0.25) is 0 Å². The number of aromatic nitrogens is 1. The predicted molar refractivity (Wildman–Crippen MR) is 137 cm³/mol. The fourth-order valence-electron chi connectivity index (χ4n) is 4.07. The van der Waals surface area contributed by atoms with Crippen molar-refractivity contribution in [3.05, 3.63) is 95.7 Å². The Hall–Kier alpha value is -3.74. The number of methoxy groups -OCH3 is 1. The highest BCUT2D eigenvalue weighted by molar-refractivity contribution is 5.94. The van der Waals surface area contributed by atoms with Gasteiger partial charge in [-0.3, -0.25) is 9.78 Å². The normalized spacial score (nSPS) is 11.9. The Bertz CT molecular complexity index is 1300. The van der Waals surface area contributed by atoms with Gasteiger partial charge in [0.25, 0.3) is 0 Å². The Balaban J connectivity index is 1.57. The lowest BCUT2D eigenvalue weighted by Crippen LogP contribution is -2.21. The van der Waals surface area contributed by atoms with Crippen molar-refractivity contribution in [1.29, 1.82) is 0 Å². The van der Waals surface area contributed by atoms with E-state index in [9.17, 15) is 4.79 Å². The van der Waals surface area contributed by atoms with E-state index in [-0.39, 0.29) is 18.5 Å². The van der Waals surface area contributed by atoms with Crippen molar-refractivity contribution in [2.24, 2.45) is 5.73 Å². The van der Waals surface area contributed by atoms with E-state index in [2.05, 4.69) is 29.2 Å². The van der Waals surface area contributed by atoms with Crippen LogP contribution in [0.2, 0.25) is 0 Å². The number of fused-ring (bicyclic) bond motifs is 1. The zero-order valence-corrected chi connectivity index (χ0v) is 20.1. The number of nitrogens with two attached hydrogens (primary N) is 1. The fourth-order valence-corrected chi connectivity index (χ4v) is 4.07. The molecule has 0 aliphatic rings. The number of ether oxygens (including phenoxy) is 3. The zero-order valence-electron chi connectivity index (χ0n) is 20.1. The number of hydrogen-bond donors (Lipinski definition) is 1. The highest BCUT2D eigenvalue weighted by Crippen LogP contribution is 2.30. The number of nitrogens with zero attached hydrogens (tertiary/aromatic N) is 1. The van der Waals surface area contributed by atoms with E-state index < -0.39 is 0 Å². The van der Waals surface area contributed by atoms with E-state index in [1.165, 1.54) is 0 Å². The first-order valence-corrected chi connectivity index (χ1v) is 11.6. The minimum absolute atomic E-state index is 0.128. The molecule has 1 unspecified atom stereocenters. The van der Waals surface area contributed by atoms with Crippen LogP contribution in [-0.4, -0.2) is 30.8 Å². The van der Waals surface area contributed by atoms with E-state index in [0.29, 0.717) is 25.5 Å². The highest BCUT2D eigenvalue weighted by atomic mass is 16.6. The van der Waals surface area contributed by atoms with Crippen molar-refractivity contribution in [3.63, 3.8) is 0 Å². The van der Waals surface area contributed by atoms with E-state index in [1.807, 2.05) is 48.5 Å². The molecular formula is C29H30N2O4. The third-order valence-corrected chi connectivity index (χ3v) is 5.67. The van der Waals surface area contributed by atoms with E-state index in [4.69, 9.17) is 19.9 Å². The topological polar surface area (TPSA) is 83.7 Å². The highest BCUT2D eigenvalue weighted by Gasteiger charge is 2.14. The largest absolute Gasteiger partial charge is 0.489 e. The molecule has 0 bridgehead atoms. The molecule has 0 spiro atoms. The molecule has 0 saturated heterocycles. The molecule has 3 aromatic carbocycles. The Labute approximate surface area is 205 Å². The van der Waals surface area contributed by atoms with Crippen LogP contribution in [0.3, 0.4) is 0 Å². The second-order valence-corrected chi connectivity index (χ2v) is 8.45. The van der Waals surface area contributed by atoms with Crippen molar-refractivity contribution in [2.45, 2.75) is 32.6 Å². The number of rotatable bonds is 10. The minimum Gasteiger partial charge on any atom is -0.489 e. The van der Waals surface area contributed by atoms with Gasteiger partial charge in [-0.05, 0) is 53.9 Å². The number of esters is 1. The maximum Gasteiger partial charge on any atom is 0.310 e. The van der Waals surface area contributed by atoms with Crippen LogP contribution in [0.1, 0.15) is 23.6 Å². The number of carbonyl (C=O) groups is 1. The second-order valence-electron chi connectivity index (χ2n) is 8.45. The van der Waals surface area contributed by atoms with Crippen molar-refractivity contribution < 1.29 is 19.0 Å². The summed E-state index contributed by atoms with van der Waals surface area (Å²) in [6.07, 6.45) is 1.63. The van der Waals surface area contributed by atoms with Crippen LogP contribution < -0.4 is 10.5 Å². The Kier molecular flexibility index (Phi) is 8.08. The summed E-state index contributed by atoms with van der Waals surface area (Å²) >= 11 is 0. The second kappa shape index (κ2) is 11.6. The molecule has 1 aromatic heterocycles. The fraction of sp³-hybridized carbons (Fsp3) is 0.241. The molecule has 1 heterocycles. The molecule has 6 heteroatoms. The minimum atomic E-state index is -0.315. The van der Waals surface area contributed by atoms with E-state index in [1.54, 1.807) is 20.2 Å². The number of pyridine rings is 1. The van der Waals surface area contributed by atoms with Gasteiger partial charge in [-0.2, -0.15) is 0 Å². The molecule has 0 fully saturated rings. The van der Waals surface area contributed by atoms with Crippen LogP contribution in [0, 0.1) is 0 Å². The summed E-state index contributed by atoms with van der Waals surface area (Å²) in [5.41, 5.74) is 11.7. The molecule has 0 saturated carbocycles. The van der Waals surface area contributed by atoms with Crippen LogP contribution in [-0.2, 0) is 33.8 Å². The molecule has 0 aliphatic heterocycles. The molecule has 0 radical (unpaired) electrons. The average Bonchev–Trinajstić information content (AvgIpc) is 2.87. The summed E-state index contributed by atoms with van der Waals surface area (Å²) in [5, 5.41) is 1.03. The molecule has 35 heavy (non-hydrogen) atoms. The lowest BCUT2D eigenvalue weighted by molar-refractivity contribution is -0.149. The summed E-state index contributed by atoms with van der Waals surface area (Å²) in [5.74, 6) is 0.339. The smallest absolute Gasteiger partial charge is 0.310 e. The first-order chi connectivity index (χ1) is 17.1. The molecule has 180 valence electrons. The van der Waals surface area contributed by atoms with Gasteiger partial charge >= 0.3 is 5.97 Å². The van der Waals surface area contributed by atoms with Crippen LogP contribution in [0.4, 0.5) is 0 Å². The molecule has 2 N–H and O–H groups in total. The van der Waals surface area contributed by atoms with Gasteiger partial charge in [0.05, 0.1) is 18.5 Å². The van der Waals surface area contributed by atoms with Crippen molar-refractivity contribution in [1.82, 2.24) is 4.98 Å². The van der Waals surface area contributed by atoms with Crippen LogP contribution in [0.15, 0.2) is 79.0 Å². The summed E-state index contributed by atoms with van der Waals surface area (Å²) in [6.45, 7) is 2.99. The van der Waals surface area contributed by atoms with Crippen molar-refractivity contribution in [2.75, 3.05) is 13.7 Å². The number of hydrogen-bond acceptors (Lipinski definition) is 6. The van der Waals surface area contributed by atoms with Crippen molar-refractivity contribution >= 4 is 16.9 Å². The standard InChI is InChI=1S/C29H30N2O4/c1-20(18-33-2)35-28(32)16-24-8-3-4-11-27(24)34-19-22-14-25-10-6-12-31-29(25)26(15-22)23-9-5-7-21(13-23)17-30/h3-15,20H,16-19,30H2,1-2H3. The van der Waals surface area contributed by atoms with Gasteiger partial charge < -0.3 is 19.9 Å². The predicted octanol–water partition coefficient (Wildman–Crippen LogP) is 5.06. The lowest BCUT2D eigenvalue weighted by Gasteiger charge is -2.15. The van der Waals surface area contributed by atoms with E-state index >= 15 is 0 Å². The Morgan fingerprint density at radius 1 is 1.00 bits per heavy atom. The quantitative estimate of drug-likeness (QED) is 0.326. The van der Waals surface area contributed by atoms with Gasteiger partial charge in [-0.25, -0.2) is 0 Å². The molecule has 1 atom stereocenters. The third-order valence-electron chi connectivity index (χ3n) is 5.67. The first-order valence-electron chi connectivity index (χ1n) is 11.6. The molecule has 4 aromatic rings. The summed E-state index contributed by atoms with van der Waals surface area (Å²) in [7, 11) is 1.58. The molecule has 0 amide bonds. The first kappa shape index (κ1) is 24.4. The molecular weight excluding hydrogens is 440 g/mol. The monoisotopic (exact) mass is 470 g/mol. The maximum absolute atomic E-state index is 12.4. The van der Waals surface area contributed by atoms with Crippen molar-refractivity contribution in [3.8, 4) is 16.9 Å². The molecule has 0 aliphatic carbocycles. The van der Waals surface area contributed by atoms with Gasteiger partial charge in [-0.15, -0.1) is 0 Å². The number of benzene rings is 3. The maximum atomic E-state index is 12.4. The number of carbonyl (C=O) groups excluding carboxylic acids is 1. The van der Waals surface area contributed by atoms with Crippen LogP contribution in [0.25, 0.3) is 22.0 Å². The van der Waals surface area contributed by atoms with E-state index in [0.717, 1.165) is 38.7 Å². The SMILES string of the molecule is COCC(C)OC(=O)Cc1ccccc1OCc1cc(-c2cccc(CN)c2)c2ncccc2c1. The van der Waals surface area contributed by atoms with Gasteiger partial charge in [-0.1, -0.05) is 42.5 Å². The zero-order chi connectivity index (χ0) is 24.6. The van der Waals surface area contributed by atoms with Gasteiger partial charge in [0.15, 0.2) is 0 Å². The van der Waals surface area contributed by atoms with Crippen LogP contribution >= 0.6 is 0 Å². The van der Waals surface area contributed by atoms with Crippen LogP contribution in [0.5, 0.6) is 5.75 Å². The molecule has 6 nitrogen and oxygen atoms in total. The van der Waals surface area contributed by atoms with Gasteiger partial charge in [0, 0.05) is 36.4 Å². The third kappa shape index (κ3) is 6.23. The summed E-state index contributed by atoms with van der Waals surface area (Å²) in [6, 6.07) is 23.9. The summed E-state index contributed by atoms with van der Waals surface area (Å²) in [4.78, 5) is 17.0. The van der Waals surface area contributed by atoms with Gasteiger partial charge in [0.1, 0.15) is 18.5 Å². The lowest BCUT2D eigenvalue weighted by atomic mass is 9.97. The number of para-hydroxylation sites is 1. The Morgan fingerprint density at radius 2 is 1.86 bits per heavy atom. The molecule has 4 rings (SSSR count). The summed E-state index contributed by atoms with van der Waals surface area (Å²) < 4.78 is 16.6.